The molecule has 3 heteroatoms. The molecule has 7 heavy (non-hydrogen) atoms. The summed E-state index contributed by atoms with van der Waals surface area (Å²) in [4.78, 5) is 9.59. The topological polar surface area (TPSA) is 40.1 Å². The van der Waals surface area contributed by atoms with E-state index in [9.17, 15) is 9.90 Å². The first-order chi connectivity index (χ1) is 2.64. The number of hydrogen-bond acceptors (Lipinski definition) is 2. The Morgan fingerprint density at radius 1 is 1.57 bits per heavy atom. The van der Waals surface area contributed by atoms with E-state index in [1.54, 1.807) is 13.8 Å². The van der Waals surface area contributed by atoms with Crippen molar-refractivity contribution in [1.82, 2.24) is 0 Å². The van der Waals surface area contributed by atoms with Gasteiger partial charge < -0.3 is 9.90 Å². The van der Waals surface area contributed by atoms with Gasteiger partial charge in [0.2, 0.25) is 0 Å². The van der Waals surface area contributed by atoms with Crippen LogP contribution in [0.5, 0.6) is 0 Å². The van der Waals surface area contributed by atoms with E-state index in [0.29, 0.717) is 0 Å². The van der Waals surface area contributed by atoms with E-state index in [4.69, 9.17) is 0 Å². The van der Waals surface area contributed by atoms with Crippen molar-refractivity contribution in [3.63, 3.8) is 0 Å². The van der Waals surface area contributed by atoms with Gasteiger partial charge in [-0.1, -0.05) is 13.8 Å². The van der Waals surface area contributed by atoms with Crippen molar-refractivity contribution >= 4 is 5.97 Å². The van der Waals surface area contributed by atoms with Crippen LogP contribution in [-0.4, -0.2) is 5.97 Å². The van der Waals surface area contributed by atoms with Crippen molar-refractivity contribution in [2.24, 2.45) is 5.92 Å². The summed E-state index contributed by atoms with van der Waals surface area (Å²) in [6, 6.07) is 0. The summed E-state index contributed by atoms with van der Waals surface area (Å²) in [5.74, 6) is -1.33. The standard InChI is InChI=1S/C4H8O2.Zn/c1-3(2)4(5)6;/h3H,1-2H3,(H,5,6);/q;+1/p-1. The fraction of sp³-hybridized carbons (Fsp3) is 0.750. The molecule has 0 heterocycles. The molecule has 0 aromatic rings. The van der Waals surface area contributed by atoms with Gasteiger partial charge in [0, 0.05) is 5.97 Å². The van der Waals surface area contributed by atoms with Crippen LogP contribution in [0.15, 0.2) is 0 Å². The van der Waals surface area contributed by atoms with Crippen molar-refractivity contribution < 1.29 is 29.4 Å². The van der Waals surface area contributed by atoms with Gasteiger partial charge in [-0.2, -0.15) is 0 Å². The average molecular weight is 152 g/mol. The van der Waals surface area contributed by atoms with Crippen LogP contribution in [0.2, 0.25) is 0 Å². The van der Waals surface area contributed by atoms with Crippen LogP contribution in [0.25, 0.3) is 0 Å². The van der Waals surface area contributed by atoms with Gasteiger partial charge in [-0.25, -0.2) is 0 Å². The maximum absolute atomic E-state index is 9.59. The second kappa shape index (κ2) is 4.26. The smallest absolute Gasteiger partial charge is 0.550 e. The first-order valence-electron chi connectivity index (χ1n) is 1.85. The minimum atomic E-state index is -0.991. The largest absolute Gasteiger partial charge is 1.00 e. The minimum Gasteiger partial charge on any atom is -0.550 e. The van der Waals surface area contributed by atoms with Crippen molar-refractivity contribution in [1.29, 1.82) is 0 Å². The van der Waals surface area contributed by atoms with Crippen molar-refractivity contribution in [3.8, 4) is 0 Å². The summed E-state index contributed by atoms with van der Waals surface area (Å²) in [6.45, 7) is 3.16. The zero-order valence-electron chi connectivity index (χ0n) is 4.60. The molecule has 2 nitrogen and oxygen atoms in total. The van der Waals surface area contributed by atoms with Crippen molar-refractivity contribution in [2.45, 2.75) is 13.8 Å². The number of carbonyl (C=O) groups excluding carboxylic acids is 1. The Hall–Kier alpha value is 0.0934. The summed E-state index contributed by atoms with van der Waals surface area (Å²) in [6.07, 6.45) is 0. The van der Waals surface area contributed by atoms with Crippen LogP contribution in [-0.2, 0) is 24.3 Å². The van der Waals surface area contributed by atoms with Crippen LogP contribution in [0.1, 0.15) is 13.8 Å². The third-order valence-corrected chi connectivity index (χ3v) is 0.471. The van der Waals surface area contributed by atoms with Gasteiger partial charge in [0.05, 0.1) is 0 Å². The maximum Gasteiger partial charge on any atom is 1.00 e. The molecule has 0 aliphatic carbocycles. The zero-order chi connectivity index (χ0) is 5.15. The van der Waals surface area contributed by atoms with Crippen LogP contribution in [0, 0.1) is 5.92 Å². The second-order valence-electron chi connectivity index (χ2n) is 1.47. The molecule has 0 saturated heterocycles. The Kier molecular flexibility index (Phi) is 6.17. The zero-order valence-corrected chi connectivity index (χ0v) is 7.57. The Morgan fingerprint density at radius 3 is 1.71 bits per heavy atom. The molecule has 0 bridgehead atoms. The average Bonchev–Trinajstić information content (AvgIpc) is 1.36. The monoisotopic (exact) mass is 151 g/mol. The molecule has 37 valence electrons. The minimum absolute atomic E-state index is 0. The molecule has 0 aliphatic rings. The number of carbonyl (C=O) groups is 1. The molecule has 0 aromatic heterocycles. The Morgan fingerprint density at radius 2 is 1.71 bits per heavy atom. The number of carboxylic acid groups (broad SMARTS) is 1. The molecule has 0 aliphatic heterocycles. The van der Waals surface area contributed by atoms with E-state index in [1.165, 1.54) is 0 Å². The van der Waals surface area contributed by atoms with E-state index >= 15 is 0 Å². The number of aliphatic carboxylic acids is 1. The quantitative estimate of drug-likeness (QED) is 0.471. The Labute approximate surface area is 55.7 Å². The molecule has 0 spiro atoms. The van der Waals surface area contributed by atoms with Crippen LogP contribution in [0.3, 0.4) is 0 Å². The van der Waals surface area contributed by atoms with Crippen molar-refractivity contribution in [3.05, 3.63) is 0 Å². The SMILES string of the molecule is CC(C)C(=O)[O-].[Zn+]. The van der Waals surface area contributed by atoms with Gasteiger partial charge in [0.25, 0.3) is 0 Å². The molecule has 0 amide bonds. The summed E-state index contributed by atoms with van der Waals surface area (Å²) >= 11 is 0. The molecule has 0 atom stereocenters. The van der Waals surface area contributed by atoms with Gasteiger partial charge in [0.15, 0.2) is 0 Å². The molecule has 0 aromatic carbocycles. The predicted octanol–water partition coefficient (Wildman–Crippen LogP) is -0.610. The first-order valence-corrected chi connectivity index (χ1v) is 1.85. The van der Waals surface area contributed by atoms with Gasteiger partial charge in [-0.3, -0.25) is 0 Å². The summed E-state index contributed by atoms with van der Waals surface area (Å²) in [7, 11) is 0. The number of carboxylic acids is 1. The fourth-order valence-corrected chi connectivity index (χ4v) is 0. The molecular formula is C4H7O2Zn. The summed E-state index contributed by atoms with van der Waals surface area (Å²) < 4.78 is 0. The first kappa shape index (κ1) is 10.2. The molecular weight excluding hydrogens is 145 g/mol. The molecule has 0 rings (SSSR count). The number of hydrogen-bond donors (Lipinski definition) is 0. The van der Waals surface area contributed by atoms with Crippen molar-refractivity contribution in [2.75, 3.05) is 0 Å². The van der Waals surface area contributed by atoms with Crippen LogP contribution < -0.4 is 5.11 Å². The Balaban J connectivity index is 0. The maximum atomic E-state index is 9.59. The molecule has 0 saturated carbocycles. The van der Waals surface area contributed by atoms with E-state index in [2.05, 4.69) is 0 Å². The Bertz CT molecular complexity index is 60.7. The van der Waals surface area contributed by atoms with Gasteiger partial charge >= 0.3 is 19.5 Å². The molecule has 0 fully saturated rings. The third kappa shape index (κ3) is 6.09. The third-order valence-electron chi connectivity index (χ3n) is 0.471. The van der Waals surface area contributed by atoms with Gasteiger partial charge in [-0.05, 0) is 5.92 Å². The van der Waals surface area contributed by atoms with E-state index in [1.807, 2.05) is 0 Å². The number of rotatable bonds is 1. The predicted molar refractivity (Wildman–Crippen MR) is 19.8 cm³/mol. The van der Waals surface area contributed by atoms with E-state index in [-0.39, 0.29) is 25.4 Å². The van der Waals surface area contributed by atoms with Crippen LogP contribution in [0.4, 0.5) is 0 Å². The van der Waals surface area contributed by atoms with Gasteiger partial charge in [0.1, 0.15) is 0 Å². The van der Waals surface area contributed by atoms with E-state index < -0.39 is 5.97 Å². The normalized spacial score (nSPS) is 7.86. The molecule has 0 N–H and O–H groups in total. The van der Waals surface area contributed by atoms with Gasteiger partial charge in [-0.15, -0.1) is 0 Å². The summed E-state index contributed by atoms with van der Waals surface area (Å²) in [5, 5.41) is 9.59. The van der Waals surface area contributed by atoms with E-state index in [0.717, 1.165) is 0 Å². The molecule has 0 unspecified atom stereocenters. The summed E-state index contributed by atoms with van der Waals surface area (Å²) in [5.41, 5.74) is 0. The van der Waals surface area contributed by atoms with Crippen LogP contribution >= 0.6 is 0 Å². The molecule has 1 radical (unpaired) electrons. The second-order valence-corrected chi connectivity index (χ2v) is 1.47. The fourth-order valence-electron chi connectivity index (χ4n) is 0.